The van der Waals surface area contributed by atoms with Crippen LogP contribution in [0.1, 0.15) is 18.7 Å². The van der Waals surface area contributed by atoms with E-state index in [1.165, 1.54) is 31.8 Å². The van der Waals surface area contributed by atoms with Gasteiger partial charge in [0.2, 0.25) is 16.0 Å². The van der Waals surface area contributed by atoms with Gasteiger partial charge in [-0.3, -0.25) is 19.0 Å². The molecule has 12 nitrogen and oxygen atoms in total. The number of aromatic nitrogens is 6. The van der Waals surface area contributed by atoms with Gasteiger partial charge in [0.1, 0.15) is 40.1 Å². The number of nitrogens with zero attached hydrogens (tertiary/aromatic N) is 6. The smallest absolute Gasteiger partial charge is 0.243 e. The SMILES string of the molecule is COc1cccc(OC)c1-n1c(NS(=O)(=O)[C@@H](C)[C@H](O)c2ccc(F)cn2)nnc1-c1ccn(C)n1. The molecule has 0 amide bonds. The summed E-state index contributed by atoms with van der Waals surface area (Å²) in [5.74, 6) is 0.125. The third-order valence-electron chi connectivity index (χ3n) is 5.45. The number of hydrogen-bond donors (Lipinski definition) is 2. The largest absolute Gasteiger partial charge is 0.494 e. The van der Waals surface area contributed by atoms with Crippen LogP contribution in [0, 0.1) is 5.82 Å². The first kappa shape index (κ1) is 25.1. The van der Waals surface area contributed by atoms with Gasteiger partial charge in [-0.25, -0.2) is 12.8 Å². The molecule has 4 aromatic rings. The van der Waals surface area contributed by atoms with Gasteiger partial charge in [0.25, 0.3) is 0 Å². The molecular formula is C22H24FN7O5S. The minimum absolute atomic E-state index is 0.00341. The van der Waals surface area contributed by atoms with Crippen LogP contribution in [0.2, 0.25) is 0 Å². The van der Waals surface area contributed by atoms with E-state index >= 15 is 0 Å². The van der Waals surface area contributed by atoms with E-state index in [-0.39, 0.29) is 17.5 Å². The standard InChI is InChI=1S/C22H24FN7O5S/c1-13(20(31)15-9-8-14(23)12-24-15)36(32,33)28-22-26-25-21(16-10-11-29(2)27-16)30(22)19-17(34-3)6-5-7-18(19)35-4/h5-13,20,31H,1-4H3,(H,26,28)/t13-,20-/m0/s1. The molecule has 0 aliphatic carbocycles. The first-order chi connectivity index (χ1) is 17.2. The number of nitrogens with one attached hydrogen (secondary N) is 1. The van der Waals surface area contributed by atoms with Crippen molar-refractivity contribution in [2.24, 2.45) is 7.05 Å². The second-order valence-electron chi connectivity index (χ2n) is 7.77. The number of hydrogen-bond acceptors (Lipinski definition) is 9. The normalized spacial score (nSPS) is 13.3. The molecule has 3 heterocycles. The zero-order valence-electron chi connectivity index (χ0n) is 19.8. The number of anilines is 1. The fourth-order valence-corrected chi connectivity index (χ4v) is 4.56. The quantitative estimate of drug-likeness (QED) is 0.341. The van der Waals surface area contributed by atoms with Crippen LogP contribution in [-0.2, 0) is 17.1 Å². The van der Waals surface area contributed by atoms with Crippen molar-refractivity contribution in [2.45, 2.75) is 18.3 Å². The number of benzene rings is 1. The van der Waals surface area contributed by atoms with E-state index in [1.807, 2.05) is 0 Å². The maximum absolute atomic E-state index is 13.3. The summed E-state index contributed by atoms with van der Waals surface area (Å²) in [5.41, 5.74) is 0.738. The lowest BCUT2D eigenvalue weighted by Gasteiger charge is -2.21. The molecular weight excluding hydrogens is 493 g/mol. The second-order valence-corrected chi connectivity index (χ2v) is 9.80. The summed E-state index contributed by atoms with van der Waals surface area (Å²) in [6, 6.07) is 9.04. The molecule has 0 spiro atoms. The van der Waals surface area contributed by atoms with Gasteiger partial charge in [-0.1, -0.05) is 6.07 Å². The molecule has 36 heavy (non-hydrogen) atoms. The van der Waals surface area contributed by atoms with Gasteiger partial charge in [-0.2, -0.15) is 5.10 Å². The Morgan fingerprint density at radius 1 is 1.08 bits per heavy atom. The number of sulfonamides is 1. The number of pyridine rings is 1. The molecule has 0 unspecified atom stereocenters. The van der Waals surface area contributed by atoms with Crippen molar-refractivity contribution in [3.63, 3.8) is 0 Å². The number of rotatable bonds is 9. The summed E-state index contributed by atoms with van der Waals surface area (Å²) >= 11 is 0. The lowest BCUT2D eigenvalue weighted by molar-refractivity contribution is 0.171. The Balaban J connectivity index is 1.81. The number of methoxy groups -OCH3 is 2. The summed E-state index contributed by atoms with van der Waals surface area (Å²) < 4.78 is 56.2. The van der Waals surface area contributed by atoms with Crippen molar-refractivity contribution >= 4 is 16.0 Å². The van der Waals surface area contributed by atoms with Crippen molar-refractivity contribution < 1.29 is 27.4 Å². The van der Waals surface area contributed by atoms with E-state index in [0.29, 0.717) is 22.9 Å². The van der Waals surface area contributed by atoms with Gasteiger partial charge >= 0.3 is 0 Å². The zero-order chi connectivity index (χ0) is 26.0. The average Bonchev–Trinajstić information content (AvgIpc) is 3.48. The van der Waals surface area contributed by atoms with E-state index in [1.54, 1.807) is 42.2 Å². The van der Waals surface area contributed by atoms with Crippen LogP contribution in [0.25, 0.3) is 17.2 Å². The Kier molecular flexibility index (Phi) is 6.90. The third-order valence-corrected chi connectivity index (χ3v) is 7.16. The minimum Gasteiger partial charge on any atom is -0.494 e. The van der Waals surface area contributed by atoms with Gasteiger partial charge in [-0.15, -0.1) is 10.2 Å². The highest BCUT2D eigenvalue weighted by atomic mass is 32.2. The molecule has 0 saturated heterocycles. The highest BCUT2D eigenvalue weighted by molar-refractivity contribution is 7.93. The highest BCUT2D eigenvalue weighted by Gasteiger charge is 2.33. The molecule has 3 aromatic heterocycles. The van der Waals surface area contributed by atoms with Crippen molar-refractivity contribution in [3.8, 4) is 28.7 Å². The van der Waals surface area contributed by atoms with Crippen LogP contribution in [0.15, 0.2) is 48.8 Å². The Labute approximate surface area is 206 Å². The number of aliphatic hydroxyl groups excluding tert-OH is 1. The molecule has 0 aliphatic rings. The van der Waals surface area contributed by atoms with Gasteiger partial charge in [0, 0.05) is 13.2 Å². The van der Waals surface area contributed by atoms with E-state index in [2.05, 4.69) is 25.0 Å². The average molecular weight is 518 g/mol. The minimum atomic E-state index is -4.27. The molecule has 0 aliphatic heterocycles. The summed E-state index contributed by atoms with van der Waals surface area (Å²) in [7, 11) is 0.377. The van der Waals surface area contributed by atoms with Crippen LogP contribution >= 0.6 is 0 Å². The van der Waals surface area contributed by atoms with Crippen molar-refractivity contribution in [2.75, 3.05) is 18.9 Å². The van der Waals surface area contributed by atoms with Gasteiger partial charge in [0.05, 0.1) is 26.1 Å². The third kappa shape index (κ3) is 4.72. The van der Waals surface area contributed by atoms with Crippen LogP contribution in [0.5, 0.6) is 11.5 Å². The lowest BCUT2D eigenvalue weighted by atomic mass is 10.2. The summed E-state index contributed by atoms with van der Waals surface area (Å²) in [5, 5.41) is 21.8. The number of aliphatic hydroxyl groups is 1. The summed E-state index contributed by atoms with van der Waals surface area (Å²) in [6.07, 6.45) is 1.05. The van der Waals surface area contributed by atoms with Crippen molar-refractivity contribution in [1.29, 1.82) is 0 Å². The van der Waals surface area contributed by atoms with Gasteiger partial charge < -0.3 is 14.6 Å². The number of halogens is 1. The van der Waals surface area contributed by atoms with Crippen LogP contribution in [-0.4, -0.2) is 62.5 Å². The fraction of sp³-hybridized carbons (Fsp3) is 0.273. The predicted octanol–water partition coefficient (Wildman–Crippen LogP) is 2.08. The van der Waals surface area contributed by atoms with Crippen molar-refractivity contribution in [1.82, 2.24) is 29.5 Å². The Hall–Kier alpha value is -4.04. The molecule has 0 saturated carbocycles. The van der Waals surface area contributed by atoms with E-state index in [4.69, 9.17) is 9.47 Å². The molecule has 2 N–H and O–H groups in total. The van der Waals surface area contributed by atoms with E-state index in [0.717, 1.165) is 12.3 Å². The highest BCUT2D eigenvalue weighted by Crippen LogP contribution is 2.37. The summed E-state index contributed by atoms with van der Waals surface area (Å²) in [4.78, 5) is 3.78. The Morgan fingerprint density at radius 3 is 2.33 bits per heavy atom. The predicted molar refractivity (Wildman–Crippen MR) is 128 cm³/mol. The Morgan fingerprint density at radius 2 is 1.78 bits per heavy atom. The Bertz CT molecular complexity index is 1450. The number of para-hydroxylation sites is 1. The molecule has 0 radical (unpaired) electrons. The molecule has 4 rings (SSSR count). The molecule has 0 bridgehead atoms. The van der Waals surface area contributed by atoms with Crippen LogP contribution in [0.4, 0.5) is 10.3 Å². The maximum atomic E-state index is 13.3. The maximum Gasteiger partial charge on any atom is 0.243 e. The molecule has 1 aromatic carbocycles. The monoisotopic (exact) mass is 517 g/mol. The number of ether oxygens (including phenoxy) is 2. The summed E-state index contributed by atoms with van der Waals surface area (Å²) in [6.45, 7) is 1.29. The second kappa shape index (κ2) is 9.91. The topological polar surface area (TPSA) is 146 Å². The van der Waals surface area contributed by atoms with E-state index in [9.17, 15) is 17.9 Å². The van der Waals surface area contributed by atoms with Crippen molar-refractivity contribution in [3.05, 3.63) is 60.3 Å². The first-order valence-electron chi connectivity index (χ1n) is 10.6. The zero-order valence-corrected chi connectivity index (χ0v) is 20.6. The molecule has 2 atom stereocenters. The molecule has 14 heteroatoms. The van der Waals surface area contributed by atoms with Gasteiger partial charge in [0.15, 0.2) is 5.82 Å². The first-order valence-corrected chi connectivity index (χ1v) is 12.2. The lowest BCUT2D eigenvalue weighted by Crippen LogP contribution is -2.32. The fourth-order valence-electron chi connectivity index (χ4n) is 3.51. The van der Waals surface area contributed by atoms with E-state index < -0.39 is 27.2 Å². The molecule has 0 fully saturated rings. The van der Waals surface area contributed by atoms with Crippen LogP contribution < -0.4 is 14.2 Å². The molecule has 190 valence electrons. The van der Waals surface area contributed by atoms with Crippen LogP contribution in [0.3, 0.4) is 0 Å². The number of aryl methyl sites for hydroxylation is 1. The van der Waals surface area contributed by atoms with Gasteiger partial charge in [-0.05, 0) is 37.3 Å².